The zero-order valence-electron chi connectivity index (χ0n) is 18.0. The molecule has 1 aliphatic heterocycles. The smallest absolute Gasteiger partial charge is 0.251 e. The van der Waals surface area contributed by atoms with Crippen molar-refractivity contribution in [2.75, 3.05) is 26.2 Å². The summed E-state index contributed by atoms with van der Waals surface area (Å²) < 4.78 is 27.9. The number of hydrogen-bond acceptors (Lipinski definition) is 5. The van der Waals surface area contributed by atoms with Gasteiger partial charge in [0.15, 0.2) is 0 Å². The average Bonchev–Trinajstić information content (AvgIpc) is 2.70. The molecule has 30 heavy (non-hydrogen) atoms. The van der Waals surface area contributed by atoms with Crippen LogP contribution in [0, 0.1) is 0 Å². The van der Waals surface area contributed by atoms with Crippen LogP contribution >= 0.6 is 0 Å². The van der Waals surface area contributed by atoms with Crippen LogP contribution in [0.3, 0.4) is 0 Å². The molecule has 1 saturated heterocycles. The lowest BCUT2D eigenvalue weighted by atomic mass is 10.1. The zero-order chi connectivity index (χ0) is 22.3. The molecule has 9 nitrogen and oxygen atoms in total. The van der Waals surface area contributed by atoms with Crippen LogP contribution < -0.4 is 10.9 Å². The van der Waals surface area contributed by atoms with Crippen molar-refractivity contribution in [3.63, 3.8) is 0 Å². The van der Waals surface area contributed by atoms with Gasteiger partial charge in [0.05, 0.1) is 4.90 Å². The SMILES string of the molecule is CCCC(=O)N[C@@H]1CCCN(C(=O)Cn2cc(S(=O)(=O)N(CC)CC)ccc2=O)C1. The van der Waals surface area contributed by atoms with Crippen LogP contribution in [0.1, 0.15) is 46.5 Å². The highest BCUT2D eigenvalue weighted by atomic mass is 32.2. The normalized spacial score (nSPS) is 17.2. The molecule has 0 spiro atoms. The largest absolute Gasteiger partial charge is 0.352 e. The third kappa shape index (κ3) is 5.91. The molecule has 0 radical (unpaired) electrons. The van der Waals surface area contributed by atoms with E-state index in [1.165, 1.54) is 22.6 Å². The van der Waals surface area contributed by atoms with E-state index in [1.807, 2.05) is 6.92 Å². The van der Waals surface area contributed by atoms with Crippen LogP contribution in [0.2, 0.25) is 0 Å². The van der Waals surface area contributed by atoms with Gasteiger partial charge in [0.25, 0.3) is 5.56 Å². The van der Waals surface area contributed by atoms with E-state index in [-0.39, 0.29) is 29.3 Å². The van der Waals surface area contributed by atoms with E-state index in [1.54, 1.807) is 18.7 Å². The summed E-state index contributed by atoms with van der Waals surface area (Å²) in [6, 6.07) is 2.35. The number of pyridine rings is 1. The Morgan fingerprint density at radius 3 is 2.53 bits per heavy atom. The van der Waals surface area contributed by atoms with Gasteiger partial charge < -0.3 is 14.8 Å². The first-order valence-corrected chi connectivity index (χ1v) is 11.9. The molecule has 2 heterocycles. The molecule has 1 atom stereocenters. The highest BCUT2D eigenvalue weighted by Gasteiger charge is 2.26. The zero-order valence-corrected chi connectivity index (χ0v) is 18.8. The standard InChI is InChI=1S/C20H32N4O5S/c1-4-8-18(25)21-16-9-7-12-22(13-16)20(27)15-23-14-17(10-11-19(23)26)30(28,29)24(5-2)6-3/h10-11,14,16H,4-9,12-13,15H2,1-3H3,(H,21,25)/t16-/m1/s1. The van der Waals surface area contributed by atoms with Crippen molar-refractivity contribution < 1.29 is 18.0 Å². The maximum absolute atomic E-state index is 12.8. The molecular formula is C20H32N4O5S. The fourth-order valence-electron chi connectivity index (χ4n) is 3.59. The lowest BCUT2D eigenvalue weighted by Gasteiger charge is -2.33. The third-order valence-electron chi connectivity index (χ3n) is 5.22. The second kappa shape index (κ2) is 10.7. The topological polar surface area (TPSA) is 109 Å². The molecule has 0 saturated carbocycles. The first-order chi connectivity index (χ1) is 14.2. The monoisotopic (exact) mass is 440 g/mol. The summed E-state index contributed by atoms with van der Waals surface area (Å²) in [5.74, 6) is -0.300. The van der Waals surface area contributed by atoms with E-state index in [0.717, 1.165) is 23.8 Å². The number of carbonyl (C=O) groups is 2. The van der Waals surface area contributed by atoms with Crippen molar-refractivity contribution in [2.24, 2.45) is 0 Å². The van der Waals surface area contributed by atoms with Gasteiger partial charge >= 0.3 is 0 Å². The first kappa shape index (κ1) is 24.1. The molecule has 1 aromatic rings. The number of nitrogens with one attached hydrogen (secondary N) is 1. The minimum atomic E-state index is -3.73. The number of sulfonamides is 1. The van der Waals surface area contributed by atoms with Crippen LogP contribution in [0.4, 0.5) is 0 Å². The Labute approximate surface area is 178 Å². The molecule has 0 bridgehead atoms. The van der Waals surface area contributed by atoms with Crippen molar-refractivity contribution >= 4 is 21.8 Å². The number of carbonyl (C=O) groups excluding carboxylic acids is 2. The van der Waals surface area contributed by atoms with Gasteiger partial charge in [-0.2, -0.15) is 4.31 Å². The predicted octanol–water partition coefficient (Wildman–Crippen LogP) is 0.786. The van der Waals surface area contributed by atoms with Gasteiger partial charge in [0.1, 0.15) is 6.54 Å². The van der Waals surface area contributed by atoms with Gasteiger partial charge in [-0.3, -0.25) is 14.4 Å². The Hall–Kier alpha value is -2.20. The lowest BCUT2D eigenvalue weighted by Crippen LogP contribution is -2.50. The fourth-order valence-corrected chi connectivity index (χ4v) is 5.07. The van der Waals surface area contributed by atoms with Crippen molar-refractivity contribution in [1.29, 1.82) is 0 Å². The van der Waals surface area contributed by atoms with Crippen molar-refractivity contribution in [3.8, 4) is 0 Å². The molecule has 1 aromatic heterocycles. The highest BCUT2D eigenvalue weighted by Crippen LogP contribution is 2.15. The number of likely N-dealkylation sites (tertiary alicyclic amines) is 1. The fraction of sp³-hybridized carbons (Fsp3) is 0.650. The number of rotatable bonds is 9. The number of piperidine rings is 1. The molecule has 2 rings (SSSR count). The third-order valence-corrected chi connectivity index (χ3v) is 7.25. The Bertz CT molecular complexity index is 908. The Kier molecular flexibility index (Phi) is 8.60. The van der Waals surface area contributed by atoms with Gasteiger partial charge in [-0.25, -0.2) is 8.42 Å². The number of aromatic nitrogens is 1. The van der Waals surface area contributed by atoms with Crippen LogP contribution in [-0.4, -0.2) is 66.2 Å². The molecule has 0 unspecified atom stereocenters. The summed E-state index contributed by atoms with van der Waals surface area (Å²) in [5, 5.41) is 2.95. The van der Waals surface area contributed by atoms with Crippen LogP contribution in [0.15, 0.2) is 28.0 Å². The minimum Gasteiger partial charge on any atom is -0.352 e. The van der Waals surface area contributed by atoms with Gasteiger partial charge in [0, 0.05) is 50.9 Å². The summed E-state index contributed by atoms with van der Waals surface area (Å²) in [6.45, 7) is 6.75. The van der Waals surface area contributed by atoms with E-state index >= 15 is 0 Å². The summed E-state index contributed by atoms with van der Waals surface area (Å²) in [4.78, 5) is 38.5. The van der Waals surface area contributed by atoms with E-state index in [0.29, 0.717) is 32.6 Å². The van der Waals surface area contributed by atoms with Gasteiger partial charge in [-0.05, 0) is 25.3 Å². The van der Waals surface area contributed by atoms with Gasteiger partial charge in [-0.15, -0.1) is 0 Å². The summed E-state index contributed by atoms with van der Waals surface area (Å²) >= 11 is 0. The quantitative estimate of drug-likeness (QED) is 0.611. The van der Waals surface area contributed by atoms with Crippen LogP contribution in [-0.2, 0) is 26.2 Å². The maximum Gasteiger partial charge on any atom is 0.251 e. The van der Waals surface area contributed by atoms with Crippen molar-refractivity contribution in [3.05, 3.63) is 28.7 Å². The van der Waals surface area contributed by atoms with Crippen LogP contribution in [0.5, 0.6) is 0 Å². The highest BCUT2D eigenvalue weighted by molar-refractivity contribution is 7.89. The second-order valence-electron chi connectivity index (χ2n) is 7.42. The van der Waals surface area contributed by atoms with E-state index < -0.39 is 15.6 Å². The summed E-state index contributed by atoms with van der Waals surface area (Å²) in [5.41, 5.74) is -0.438. The maximum atomic E-state index is 12.8. The molecule has 10 heteroatoms. The van der Waals surface area contributed by atoms with Crippen molar-refractivity contribution in [1.82, 2.24) is 19.1 Å². The second-order valence-corrected chi connectivity index (χ2v) is 9.35. The number of hydrogen-bond donors (Lipinski definition) is 1. The average molecular weight is 441 g/mol. The predicted molar refractivity (Wildman–Crippen MR) is 113 cm³/mol. The molecule has 1 aliphatic rings. The number of amides is 2. The summed E-state index contributed by atoms with van der Waals surface area (Å²) in [7, 11) is -3.73. The molecular weight excluding hydrogens is 408 g/mol. The Morgan fingerprint density at radius 2 is 1.90 bits per heavy atom. The Balaban J connectivity index is 2.13. The summed E-state index contributed by atoms with van der Waals surface area (Å²) in [6.07, 6.45) is 4.01. The number of nitrogens with zero attached hydrogens (tertiary/aromatic N) is 3. The van der Waals surface area contributed by atoms with Crippen LogP contribution in [0.25, 0.3) is 0 Å². The van der Waals surface area contributed by atoms with Gasteiger partial charge in [-0.1, -0.05) is 20.8 Å². The lowest BCUT2D eigenvalue weighted by molar-refractivity contribution is -0.134. The first-order valence-electron chi connectivity index (χ1n) is 10.5. The molecule has 168 valence electrons. The van der Waals surface area contributed by atoms with E-state index in [9.17, 15) is 22.8 Å². The van der Waals surface area contributed by atoms with E-state index in [2.05, 4.69) is 5.32 Å². The Morgan fingerprint density at radius 1 is 1.20 bits per heavy atom. The molecule has 1 fully saturated rings. The van der Waals surface area contributed by atoms with Crippen molar-refractivity contribution in [2.45, 2.75) is 63.9 Å². The van der Waals surface area contributed by atoms with E-state index in [4.69, 9.17) is 0 Å². The molecule has 0 aromatic carbocycles. The molecule has 0 aliphatic carbocycles. The molecule has 2 amide bonds. The van der Waals surface area contributed by atoms with Gasteiger partial charge in [0.2, 0.25) is 21.8 Å². The minimum absolute atomic E-state index is 0.0121. The molecule has 1 N–H and O–H groups in total.